The number of nitrogen functional groups attached to an aromatic ring is 1. The Bertz CT molecular complexity index is 742. The van der Waals surface area contributed by atoms with Crippen LogP contribution in [0.5, 0.6) is 5.75 Å². The summed E-state index contributed by atoms with van der Waals surface area (Å²) in [6.45, 7) is 8.89. The molecule has 2 rings (SSSR count). The van der Waals surface area contributed by atoms with Crippen LogP contribution in [0.1, 0.15) is 13.8 Å². The summed E-state index contributed by atoms with van der Waals surface area (Å²) in [4.78, 5) is 14.0. The fourth-order valence-electron chi connectivity index (χ4n) is 2.23. The third-order valence-corrected chi connectivity index (χ3v) is 4.46. The van der Waals surface area contributed by atoms with Crippen LogP contribution in [0.3, 0.4) is 0 Å². The van der Waals surface area contributed by atoms with E-state index in [1.54, 1.807) is 12.0 Å². The number of benzene rings is 1. The van der Waals surface area contributed by atoms with Gasteiger partial charge in [0, 0.05) is 18.7 Å². The van der Waals surface area contributed by atoms with Gasteiger partial charge >= 0.3 is 0 Å². The molecule has 1 amide bonds. The monoisotopic (exact) mass is 361 g/mol. The molecule has 0 spiro atoms. The smallest absolute Gasteiger partial charge is 0.233 e. The molecular weight excluding hydrogens is 338 g/mol. The SMILES string of the molecule is C=C(C)CN(CC)C(=O)CSc1nnc(-c2ccc(OC)cc2)n1N. The number of nitrogens with zero attached hydrogens (tertiary/aromatic N) is 4. The molecule has 0 aliphatic rings. The minimum absolute atomic E-state index is 0.0181. The number of nitrogens with two attached hydrogens (primary N) is 1. The molecule has 0 aliphatic heterocycles. The average molecular weight is 361 g/mol. The van der Waals surface area contributed by atoms with E-state index in [-0.39, 0.29) is 11.7 Å². The molecule has 2 aromatic rings. The molecule has 0 aliphatic carbocycles. The van der Waals surface area contributed by atoms with Crippen molar-refractivity contribution in [2.75, 3.05) is 31.8 Å². The molecule has 7 nitrogen and oxygen atoms in total. The van der Waals surface area contributed by atoms with Crippen LogP contribution in [0.4, 0.5) is 0 Å². The molecule has 0 saturated heterocycles. The summed E-state index contributed by atoms with van der Waals surface area (Å²) in [5.41, 5.74) is 1.77. The summed E-state index contributed by atoms with van der Waals surface area (Å²) in [6, 6.07) is 7.38. The maximum absolute atomic E-state index is 12.3. The van der Waals surface area contributed by atoms with Gasteiger partial charge in [-0.2, -0.15) is 0 Å². The van der Waals surface area contributed by atoms with Gasteiger partial charge < -0.3 is 15.5 Å². The predicted molar refractivity (Wildman–Crippen MR) is 100.0 cm³/mol. The van der Waals surface area contributed by atoms with E-state index in [4.69, 9.17) is 10.6 Å². The van der Waals surface area contributed by atoms with Gasteiger partial charge in [-0.3, -0.25) is 4.79 Å². The van der Waals surface area contributed by atoms with Crippen molar-refractivity contribution in [2.24, 2.45) is 0 Å². The van der Waals surface area contributed by atoms with Crippen LogP contribution < -0.4 is 10.6 Å². The van der Waals surface area contributed by atoms with Crippen LogP contribution in [0.2, 0.25) is 0 Å². The lowest BCUT2D eigenvalue weighted by molar-refractivity contribution is -0.127. The van der Waals surface area contributed by atoms with Crippen molar-refractivity contribution >= 4 is 17.7 Å². The van der Waals surface area contributed by atoms with E-state index in [0.717, 1.165) is 16.9 Å². The second kappa shape index (κ2) is 8.57. The number of carbonyl (C=O) groups is 1. The fourth-order valence-corrected chi connectivity index (χ4v) is 2.99. The van der Waals surface area contributed by atoms with Gasteiger partial charge in [0.1, 0.15) is 5.75 Å². The van der Waals surface area contributed by atoms with E-state index in [9.17, 15) is 4.79 Å². The third kappa shape index (κ3) is 4.76. The Kier molecular flexibility index (Phi) is 6.46. The number of rotatable bonds is 8. The molecule has 134 valence electrons. The topological polar surface area (TPSA) is 86.3 Å². The first kappa shape index (κ1) is 18.9. The van der Waals surface area contributed by atoms with E-state index in [1.165, 1.54) is 16.4 Å². The van der Waals surface area contributed by atoms with Gasteiger partial charge in [0.2, 0.25) is 11.1 Å². The van der Waals surface area contributed by atoms with Gasteiger partial charge in [-0.25, -0.2) is 4.68 Å². The first-order chi connectivity index (χ1) is 12.0. The van der Waals surface area contributed by atoms with E-state index < -0.39 is 0 Å². The van der Waals surface area contributed by atoms with Crippen LogP contribution in [0, 0.1) is 0 Å². The van der Waals surface area contributed by atoms with Crippen molar-refractivity contribution < 1.29 is 9.53 Å². The van der Waals surface area contributed by atoms with Gasteiger partial charge in [0.15, 0.2) is 5.82 Å². The van der Waals surface area contributed by atoms with Crippen LogP contribution in [0.15, 0.2) is 41.6 Å². The lowest BCUT2D eigenvalue weighted by atomic mass is 10.2. The predicted octanol–water partition coefficient (Wildman–Crippen LogP) is 2.18. The fraction of sp³-hybridized carbons (Fsp3) is 0.353. The normalized spacial score (nSPS) is 10.5. The number of methoxy groups -OCH3 is 1. The molecule has 0 bridgehead atoms. The lowest BCUT2D eigenvalue weighted by Gasteiger charge is -2.20. The molecule has 1 aromatic heterocycles. The lowest BCUT2D eigenvalue weighted by Crippen LogP contribution is -2.33. The highest BCUT2D eigenvalue weighted by Crippen LogP contribution is 2.23. The Morgan fingerprint density at radius 2 is 2.04 bits per heavy atom. The maximum Gasteiger partial charge on any atom is 0.233 e. The summed E-state index contributed by atoms with van der Waals surface area (Å²) < 4.78 is 6.54. The van der Waals surface area contributed by atoms with Crippen LogP contribution >= 0.6 is 11.8 Å². The zero-order valence-electron chi connectivity index (χ0n) is 14.7. The summed E-state index contributed by atoms with van der Waals surface area (Å²) in [5.74, 6) is 7.64. The van der Waals surface area contributed by atoms with Crippen molar-refractivity contribution in [3.8, 4) is 17.1 Å². The molecule has 25 heavy (non-hydrogen) atoms. The first-order valence-corrected chi connectivity index (χ1v) is 8.84. The number of amides is 1. The van der Waals surface area contributed by atoms with Crippen molar-refractivity contribution in [3.05, 3.63) is 36.4 Å². The van der Waals surface area contributed by atoms with E-state index >= 15 is 0 Å². The quantitative estimate of drug-likeness (QED) is 0.441. The second-order valence-electron chi connectivity index (χ2n) is 5.56. The molecular formula is C17H23N5O2S. The summed E-state index contributed by atoms with van der Waals surface area (Å²) >= 11 is 1.27. The molecule has 0 atom stereocenters. The highest BCUT2D eigenvalue weighted by molar-refractivity contribution is 7.99. The van der Waals surface area contributed by atoms with Crippen molar-refractivity contribution in [1.82, 2.24) is 19.8 Å². The number of hydrogen-bond acceptors (Lipinski definition) is 6. The Morgan fingerprint density at radius 1 is 1.36 bits per heavy atom. The van der Waals surface area contributed by atoms with Gasteiger partial charge in [0.05, 0.1) is 12.9 Å². The number of hydrogen-bond donors (Lipinski definition) is 1. The van der Waals surface area contributed by atoms with Crippen LogP contribution in [-0.4, -0.2) is 51.6 Å². The van der Waals surface area contributed by atoms with Gasteiger partial charge in [0.25, 0.3) is 0 Å². The molecule has 0 radical (unpaired) electrons. The Hall–Kier alpha value is -2.48. The maximum atomic E-state index is 12.3. The van der Waals surface area contributed by atoms with Gasteiger partial charge in [-0.05, 0) is 38.1 Å². The number of thioether (sulfide) groups is 1. The largest absolute Gasteiger partial charge is 0.497 e. The molecule has 1 heterocycles. The van der Waals surface area contributed by atoms with Gasteiger partial charge in [-0.1, -0.05) is 23.9 Å². The zero-order valence-corrected chi connectivity index (χ0v) is 15.5. The second-order valence-corrected chi connectivity index (χ2v) is 6.50. The van der Waals surface area contributed by atoms with Gasteiger partial charge in [-0.15, -0.1) is 10.2 Å². The molecule has 1 aromatic carbocycles. The van der Waals surface area contributed by atoms with Crippen molar-refractivity contribution in [1.29, 1.82) is 0 Å². The molecule has 8 heteroatoms. The summed E-state index contributed by atoms with van der Waals surface area (Å²) in [6.07, 6.45) is 0. The van der Waals surface area contributed by atoms with Crippen LogP contribution in [0.25, 0.3) is 11.4 Å². The van der Waals surface area contributed by atoms with Crippen LogP contribution in [-0.2, 0) is 4.79 Å². The third-order valence-electron chi connectivity index (χ3n) is 3.53. The summed E-state index contributed by atoms with van der Waals surface area (Å²) in [7, 11) is 1.61. The van der Waals surface area contributed by atoms with E-state index in [2.05, 4.69) is 16.8 Å². The Balaban J connectivity index is 2.05. The molecule has 0 saturated carbocycles. The van der Waals surface area contributed by atoms with Crippen molar-refractivity contribution in [2.45, 2.75) is 19.0 Å². The van der Waals surface area contributed by atoms with Crippen molar-refractivity contribution in [3.63, 3.8) is 0 Å². The minimum atomic E-state index is 0.0181. The number of aromatic nitrogens is 3. The number of likely N-dealkylation sites (N-methyl/N-ethyl adjacent to an activating group) is 1. The number of carbonyl (C=O) groups excluding carboxylic acids is 1. The molecule has 0 fully saturated rings. The standard InChI is InChI=1S/C17H23N5O2S/c1-5-21(10-12(2)3)15(23)11-25-17-20-19-16(22(17)18)13-6-8-14(24-4)9-7-13/h6-9H,2,5,10-11,18H2,1,3-4H3. The van der Waals surface area contributed by atoms with E-state index in [0.29, 0.717) is 24.1 Å². The zero-order chi connectivity index (χ0) is 18.4. The Morgan fingerprint density at radius 3 is 2.60 bits per heavy atom. The minimum Gasteiger partial charge on any atom is -0.497 e. The number of ether oxygens (including phenoxy) is 1. The average Bonchev–Trinajstić information content (AvgIpc) is 2.98. The molecule has 2 N–H and O–H groups in total. The highest BCUT2D eigenvalue weighted by Gasteiger charge is 2.16. The highest BCUT2D eigenvalue weighted by atomic mass is 32.2. The first-order valence-electron chi connectivity index (χ1n) is 7.86. The Labute approximate surface area is 151 Å². The summed E-state index contributed by atoms with van der Waals surface area (Å²) in [5, 5.41) is 8.70. The molecule has 0 unspecified atom stereocenters. The van der Waals surface area contributed by atoms with E-state index in [1.807, 2.05) is 38.1 Å².